The SMILES string of the molecule is CC.CC1(C)C(/C=C/C=C/C=C/C=C2/N(CCCCCC(=O)O)c3ccc(S(=O)(=O)O)cc3C2(C)C)=Nc2ccc(S(=O)(=O)O)cc21. The number of carboxylic acid groups (broad SMARTS) is 1. The Bertz CT molecular complexity index is 1870. The van der Waals surface area contributed by atoms with Crippen LogP contribution in [-0.4, -0.2) is 49.3 Å². The van der Waals surface area contributed by atoms with Crippen molar-refractivity contribution in [1.29, 1.82) is 0 Å². The molecule has 0 bridgehead atoms. The zero-order chi connectivity index (χ0) is 35.2. The molecule has 0 aromatic heterocycles. The Morgan fingerprint density at radius 1 is 0.787 bits per heavy atom. The molecule has 47 heavy (non-hydrogen) atoms. The monoisotopic (exact) mass is 684 g/mol. The largest absolute Gasteiger partial charge is 0.481 e. The number of nitrogens with zero attached hydrogens (tertiary/aromatic N) is 2. The Kier molecular flexibility index (Phi) is 12.0. The maximum absolute atomic E-state index is 11.8. The topological polar surface area (TPSA) is 162 Å². The molecule has 10 nitrogen and oxygen atoms in total. The van der Waals surface area contributed by atoms with Gasteiger partial charge < -0.3 is 10.0 Å². The lowest BCUT2D eigenvalue weighted by molar-refractivity contribution is -0.137. The molecule has 2 aliphatic rings. The number of allylic oxidation sites excluding steroid dienone is 8. The molecule has 2 aliphatic heterocycles. The van der Waals surface area contributed by atoms with E-state index in [4.69, 9.17) is 5.11 Å². The maximum atomic E-state index is 11.8. The standard InChI is InChI=1S/C33H38N2O8S2.C2H6/c1-32(2)25-21-23(44(38,39)40)16-18-27(25)34-29(32)13-9-6-5-7-10-14-30-33(3,4)26-22-24(45(41,42)43)17-19-28(26)35(30)20-12-8-11-15-31(36)37;1-2/h5-7,9-10,13-14,16-19,21-22H,8,11-12,15,20H2,1-4H3,(H,36,37)(H,38,39,40)(H,41,42,43);1-2H3/b6-5+,10-7+,13-9+,30-14+;. The first-order valence-corrected chi connectivity index (χ1v) is 18.4. The predicted octanol–water partition coefficient (Wildman–Crippen LogP) is 7.57. The quantitative estimate of drug-likeness (QED) is 0.116. The van der Waals surface area contributed by atoms with E-state index in [1.165, 1.54) is 24.3 Å². The zero-order valence-corrected chi connectivity index (χ0v) is 29.3. The molecule has 4 rings (SSSR count). The van der Waals surface area contributed by atoms with Gasteiger partial charge in [0.25, 0.3) is 20.2 Å². The van der Waals surface area contributed by atoms with E-state index in [9.17, 15) is 30.7 Å². The van der Waals surface area contributed by atoms with E-state index in [0.29, 0.717) is 24.2 Å². The number of hydrogen-bond donors (Lipinski definition) is 3. The van der Waals surface area contributed by atoms with Gasteiger partial charge in [0.05, 0.1) is 21.2 Å². The summed E-state index contributed by atoms with van der Waals surface area (Å²) in [7, 11) is -8.70. The van der Waals surface area contributed by atoms with Crippen molar-refractivity contribution in [1.82, 2.24) is 0 Å². The first kappa shape index (κ1) is 37.6. The van der Waals surface area contributed by atoms with E-state index in [-0.39, 0.29) is 16.2 Å². The van der Waals surface area contributed by atoms with Crippen LogP contribution in [-0.2, 0) is 35.9 Å². The second-order valence-corrected chi connectivity index (χ2v) is 14.9. The summed E-state index contributed by atoms with van der Waals surface area (Å²) < 4.78 is 65.9. The van der Waals surface area contributed by atoms with Crippen molar-refractivity contribution in [3.05, 3.63) is 95.8 Å². The summed E-state index contributed by atoms with van der Waals surface area (Å²) in [6.07, 6.45) is 15.2. The van der Waals surface area contributed by atoms with Gasteiger partial charge in [-0.15, -0.1) is 0 Å². The van der Waals surface area contributed by atoms with Gasteiger partial charge in [0.2, 0.25) is 0 Å². The van der Waals surface area contributed by atoms with Crippen molar-refractivity contribution in [2.75, 3.05) is 11.4 Å². The van der Waals surface area contributed by atoms with Gasteiger partial charge >= 0.3 is 5.97 Å². The van der Waals surface area contributed by atoms with Crippen LogP contribution in [0.3, 0.4) is 0 Å². The Hall–Kier alpha value is -3.84. The molecule has 0 unspecified atom stereocenters. The Morgan fingerprint density at radius 2 is 1.36 bits per heavy atom. The normalized spacial score (nSPS) is 17.7. The molecule has 2 heterocycles. The van der Waals surface area contributed by atoms with Crippen LogP contribution in [0.2, 0.25) is 0 Å². The first-order chi connectivity index (χ1) is 21.9. The van der Waals surface area contributed by atoms with Crippen LogP contribution >= 0.6 is 0 Å². The summed E-state index contributed by atoms with van der Waals surface area (Å²) in [6, 6.07) is 8.95. The van der Waals surface area contributed by atoms with Crippen molar-refractivity contribution in [3.63, 3.8) is 0 Å². The van der Waals surface area contributed by atoms with E-state index in [2.05, 4.69) is 9.89 Å². The molecule has 0 atom stereocenters. The summed E-state index contributed by atoms with van der Waals surface area (Å²) in [5.74, 6) is -0.826. The van der Waals surface area contributed by atoms with Crippen LogP contribution in [0.25, 0.3) is 0 Å². The minimum Gasteiger partial charge on any atom is -0.481 e. The summed E-state index contributed by atoms with van der Waals surface area (Å²) >= 11 is 0. The number of fused-ring (bicyclic) bond motifs is 2. The number of carbonyl (C=O) groups is 1. The van der Waals surface area contributed by atoms with Gasteiger partial charge in [-0.25, -0.2) is 0 Å². The lowest BCUT2D eigenvalue weighted by Crippen LogP contribution is -2.27. The average Bonchev–Trinajstić information content (AvgIpc) is 3.37. The average molecular weight is 685 g/mol. The lowest BCUT2D eigenvalue weighted by Gasteiger charge is -2.27. The van der Waals surface area contributed by atoms with Crippen LogP contribution in [0.4, 0.5) is 11.4 Å². The second-order valence-electron chi connectivity index (χ2n) is 12.1. The van der Waals surface area contributed by atoms with Crippen LogP contribution < -0.4 is 4.90 Å². The number of hydrogen-bond acceptors (Lipinski definition) is 7. The van der Waals surface area contributed by atoms with Gasteiger partial charge in [0, 0.05) is 35.2 Å². The van der Waals surface area contributed by atoms with Gasteiger partial charge in [-0.3, -0.25) is 18.9 Å². The van der Waals surface area contributed by atoms with Crippen LogP contribution in [0.15, 0.2) is 99.4 Å². The van der Waals surface area contributed by atoms with Gasteiger partial charge in [-0.1, -0.05) is 78.3 Å². The second kappa shape index (κ2) is 14.9. The van der Waals surface area contributed by atoms with E-state index in [1.807, 2.05) is 84.1 Å². The van der Waals surface area contributed by atoms with E-state index >= 15 is 0 Å². The van der Waals surface area contributed by atoms with Crippen molar-refractivity contribution in [2.24, 2.45) is 4.99 Å². The molecule has 0 radical (unpaired) electrons. The molecule has 2 aromatic carbocycles. The minimum atomic E-state index is -4.37. The highest BCUT2D eigenvalue weighted by Crippen LogP contribution is 2.48. The summed E-state index contributed by atoms with van der Waals surface area (Å²) in [6.45, 7) is 12.5. The third kappa shape index (κ3) is 8.75. The van der Waals surface area contributed by atoms with Crippen LogP contribution in [0.1, 0.15) is 78.4 Å². The van der Waals surface area contributed by atoms with Crippen molar-refractivity contribution >= 4 is 43.3 Å². The highest BCUT2D eigenvalue weighted by Gasteiger charge is 2.40. The molecule has 254 valence electrons. The zero-order valence-electron chi connectivity index (χ0n) is 27.6. The minimum absolute atomic E-state index is 0.110. The van der Waals surface area contributed by atoms with Crippen molar-refractivity contribution in [3.8, 4) is 0 Å². The highest BCUT2D eigenvalue weighted by atomic mass is 32.2. The number of aliphatic imine (C=N–C) groups is 1. The van der Waals surface area contributed by atoms with Crippen molar-refractivity contribution < 1.29 is 35.8 Å². The summed E-state index contributed by atoms with van der Waals surface area (Å²) in [5.41, 5.74) is 3.53. The van der Waals surface area contributed by atoms with Gasteiger partial charge in [-0.05, 0) is 72.5 Å². The Balaban J connectivity index is 0.00000294. The fourth-order valence-electron chi connectivity index (χ4n) is 5.69. The third-order valence-corrected chi connectivity index (χ3v) is 9.91. The lowest BCUT2D eigenvalue weighted by atomic mass is 9.81. The Morgan fingerprint density at radius 3 is 1.98 bits per heavy atom. The molecule has 12 heteroatoms. The third-order valence-electron chi connectivity index (χ3n) is 8.21. The van der Waals surface area contributed by atoms with Gasteiger partial charge in [-0.2, -0.15) is 16.8 Å². The highest BCUT2D eigenvalue weighted by molar-refractivity contribution is 7.86. The Labute approximate surface area is 278 Å². The van der Waals surface area contributed by atoms with Gasteiger partial charge in [0.1, 0.15) is 0 Å². The number of aliphatic carboxylic acids is 1. The maximum Gasteiger partial charge on any atom is 0.303 e. The molecule has 0 amide bonds. The molecular weight excluding hydrogens is 641 g/mol. The van der Waals surface area contributed by atoms with Crippen LogP contribution in [0.5, 0.6) is 0 Å². The summed E-state index contributed by atoms with van der Waals surface area (Å²) in [4.78, 5) is 17.3. The fourth-order valence-corrected chi connectivity index (χ4v) is 6.71. The van der Waals surface area contributed by atoms with Gasteiger partial charge in [0.15, 0.2) is 0 Å². The number of anilines is 1. The summed E-state index contributed by atoms with van der Waals surface area (Å²) in [5, 5.41) is 8.94. The number of carboxylic acids is 1. The molecule has 0 aliphatic carbocycles. The predicted molar refractivity (Wildman–Crippen MR) is 186 cm³/mol. The number of benzene rings is 2. The smallest absolute Gasteiger partial charge is 0.303 e. The molecule has 3 N–H and O–H groups in total. The molecule has 2 aromatic rings. The number of unbranched alkanes of at least 4 members (excludes halogenated alkanes) is 2. The van der Waals surface area contributed by atoms with E-state index < -0.39 is 37.0 Å². The first-order valence-electron chi connectivity index (χ1n) is 15.5. The van der Waals surface area contributed by atoms with Crippen LogP contribution in [0, 0.1) is 0 Å². The van der Waals surface area contributed by atoms with E-state index in [0.717, 1.165) is 35.5 Å². The molecule has 0 saturated heterocycles. The molecule has 0 fully saturated rings. The van der Waals surface area contributed by atoms with E-state index in [1.54, 1.807) is 12.1 Å². The number of rotatable bonds is 12. The molecule has 0 saturated carbocycles. The van der Waals surface area contributed by atoms with Crippen molar-refractivity contribution in [2.45, 2.75) is 87.8 Å². The molecule has 0 spiro atoms. The molecular formula is C35H44N2O8S2. The fraction of sp³-hybridized carbons (Fsp3) is 0.371.